The number of hydrogen-bond acceptors (Lipinski definition) is 5. The van der Waals surface area contributed by atoms with Gasteiger partial charge in [0.25, 0.3) is 20.1 Å². The minimum atomic E-state index is -4.36. The Hall–Kier alpha value is -1.52. The number of sulfonamides is 1. The molecule has 0 heterocycles. The van der Waals surface area contributed by atoms with E-state index in [1.165, 1.54) is 18.2 Å². The number of halogens is 2. The molecule has 4 N–H and O–H groups in total. The molecule has 124 valence electrons. The van der Waals surface area contributed by atoms with E-state index in [1.54, 1.807) is 0 Å². The van der Waals surface area contributed by atoms with Gasteiger partial charge in [0, 0.05) is 5.69 Å². The van der Waals surface area contributed by atoms with Gasteiger partial charge in [0.1, 0.15) is 4.90 Å². The lowest BCUT2D eigenvalue weighted by Gasteiger charge is -2.11. The largest absolute Gasteiger partial charge is 0.397 e. The number of anilines is 2. The molecule has 0 aliphatic carbocycles. The summed E-state index contributed by atoms with van der Waals surface area (Å²) in [5.41, 5.74) is 5.73. The van der Waals surface area contributed by atoms with Crippen LogP contribution < -0.4 is 10.5 Å². The van der Waals surface area contributed by atoms with Crippen LogP contribution in [0.2, 0.25) is 10.0 Å². The predicted octanol–water partition coefficient (Wildman–Crippen LogP) is 2.62. The number of hydrogen-bond donors (Lipinski definition) is 3. The highest BCUT2D eigenvalue weighted by molar-refractivity contribution is 7.92. The molecule has 23 heavy (non-hydrogen) atoms. The molecule has 2 rings (SSSR count). The van der Waals surface area contributed by atoms with E-state index in [0.29, 0.717) is 0 Å². The molecule has 0 spiro atoms. The predicted molar refractivity (Wildman–Crippen MR) is 87.9 cm³/mol. The molecule has 0 amide bonds. The third kappa shape index (κ3) is 4.06. The summed E-state index contributed by atoms with van der Waals surface area (Å²) in [6, 6.07) is 6.75. The summed E-state index contributed by atoms with van der Waals surface area (Å²) in [6.45, 7) is 0. The average molecular weight is 397 g/mol. The maximum Gasteiger partial charge on any atom is 0.294 e. The second-order valence-electron chi connectivity index (χ2n) is 4.41. The summed E-state index contributed by atoms with van der Waals surface area (Å²) in [5, 5.41) is -0.0922. The Morgan fingerprint density at radius 3 is 2.04 bits per heavy atom. The van der Waals surface area contributed by atoms with Gasteiger partial charge in [0.2, 0.25) is 0 Å². The van der Waals surface area contributed by atoms with Crippen molar-refractivity contribution in [2.24, 2.45) is 0 Å². The molecule has 0 saturated carbocycles. The zero-order valence-corrected chi connectivity index (χ0v) is 14.3. The second kappa shape index (κ2) is 6.17. The normalized spacial score (nSPS) is 12.1. The average Bonchev–Trinajstić information content (AvgIpc) is 2.41. The number of nitrogen functional groups attached to an aromatic ring is 1. The van der Waals surface area contributed by atoms with Crippen molar-refractivity contribution < 1.29 is 21.4 Å². The van der Waals surface area contributed by atoms with Gasteiger partial charge in [0.15, 0.2) is 0 Å². The van der Waals surface area contributed by atoms with Crippen LogP contribution in [0.1, 0.15) is 0 Å². The Morgan fingerprint density at radius 2 is 1.52 bits per heavy atom. The molecule has 0 unspecified atom stereocenters. The van der Waals surface area contributed by atoms with Crippen molar-refractivity contribution >= 4 is 54.7 Å². The molecule has 7 nitrogen and oxygen atoms in total. The molecular formula is C12H10Cl2N2O5S2. The smallest absolute Gasteiger partial charge is 0.294 e. The van der Waals surface area contributed by atoms with E-state index in [9.17, 15) is 16.8 Å². The number of nitrogens with one attached hydrogen (secondary N) is 1. The Bertz CT molecular complexity index is 958. The highest BCUT2D eigenvalue weighted by Gasteiger charge is 2.20. The molecule has 2 aromatic rings. The highest BCUT2D eigenvalue weighted by Crippen LogP contribution is 2.31. The molecule has 0 fully saturated rings. The van der Waals surface area contributed by atoms with Crippen LogP contribution in [0.3, 0.4) is 0 Å². The van der Waals surface area contributed by atoms with Crippen LogP contribution in [0, 0.1) is 0 Å². The molecule has 11 heteroatoms. The number of nitrogens with two attached hydrogens (primary N) is 1. The lowest BCUT2D eigenvalue weighted by Crippen LogP contribution is -2.14. The van der Waals surface area contributed by atoms with Gasteiger partial charge < -0.3 is 5.73 Å². The van der Waals surface area contributed by atoms with E-state index in [-0.39, 0.29) is 31.2 Å². The van der Waals surface area contributed by atoms with Crippen molar-refractivity contribution in [3.63, 3.8) is 0 Å². The zero-order valence-electron chi connectivity index (χ0n) is 11.2. The van der Waals surface area contributed by atoms with E-state index in [2.05, 4.69) is 4.72 Å². The summed E-state index contributed by atoms with van der Waals surface area (Å²) < 4.78 is 57.6. The lowest BCUT2D eigenvalue weighted by atomic mass is 10.3. The van der Waals surface area contributed by atoms with Crippen LogP contribution in [0.25, 0.3) is 0 Å². The van der Waals surface area contributed by atoms with Gasteiger partial charge in [-0.05, 0) is 36.4 Å². The third-order valence-electron chi connectivity index (χ3n) is 2.75. The van der Waals surface area contributed by atoms with Crippen molar-refractivity contribution in [1.29, 1.82) is 0 Å². The first-order valence-corrected chi connectivity index (χ1v) is 9.53. The molecule has 0 aromatic heterocycles. The molecular weight excluding hydrogens is 387 g/mol. The van der Waals surface area contributed by atoms with E-state index in [1.807, 2.05) is 0 Å². The van der Waals surface area contributed by atoms with Crippen molar-refractivity contribution in [2.45, 2.75) is 9.79 Å². The van der Waals surface area contributed by atoms with Crippen molar-refractivity contribution in [3.05, 3.63) is 46.4 Å². The fourth-order valence-corrected chi connectivity index (χ4v) is 3.99. The maximum atomic E-state index is 12.3. The summed E-state index contributed by atoms with van der Waals surface area (Å²) in [7, 11) is -8.43. The summed E-state index contributed by atoms with van der Waals surface area (Å²) in [6.07, 6.45) is 0. The topological polar surface area (TPSA) is 127 Å². The van der Waals surface area contributed by atoms with Crippen LogP contribution >= 0.6 is 23.2 Å². The van der Waals surface area contributed by atoms with Crippen LogP contribution in [0.15, 0.2) is 46.2 Å². The minimum Gasteiger partial charge on any atom is -0.397 e. The Labute approximate surface area is 142 Å². The van der Waals surface area contributed by atoms with Gasteiger partial charge in [-0.1, -0.05) is 23.2 Å². The van der Waals surface area contributed by atoms with E-state index < -0.39 is 20.1 Å². The first-order chi connectivity index (χ1) is 10.5. The number of rotatable bonds is 4. The van der Waals surface area contributed by atoms with Crippen molar-refractivity contribution in [2.75, 3.05) is 10.5 Å². The highest BCUT2D eigenvalue weighted by atomic mass is 35.5. The van der Waals surface area contributed by atoms with Gasteiger partial charge in [-0.2, -0.15) is 8.42 Å². The Morgan fingerprint density at radius 1 is 0.957 bits per heavy atom. The van der Waals surface area contributed by atoms with Gasteiger partial charge in [-0.15, -0.1) is 0 Å². The SMILES string of the molecule is Nc1cc(Cl)c(S(=O)(=O)Nc2ccc(S(=O)(=O)O)cc2)cc1Cl. The molecule has 0 bridgehead atoms. The zero-order chi connectivity index (χ0) is 17.4. The third-order valence-corrected chi connectivity index (χ3v) is 5.79. The lowest BCUT2D eigenvalue weighted by molar-refractivity contribution is 0.483. The quantitative estimate of drug-likeness (QED) is 0.538. The summed E-state index contributed by atoms with van der Waals surface area (Å²) >= 11 is 11.7. The molecule has 0 aliphatic heterocycles. The first kappa shape index (κ1) is 17.8. The summed E-state index contributed by atoms with van der Waals surface area (Å²) in [5.74, 6) is 0. The standard InChI is InChI=1S/C12H10Cl2N2O5S2/c13-9-6-12(10(14)5-11(9)15)22(17,18)16-7-1-3-8(4-2-7)23(19,20)21/h1-6,16H,15H2,(H,19,20,21). The van der Waals surface area contributed by atoms with E-state index in [0.717, 1.165) is 18.2 Å². The van der Waals surface area contributed by atoms with Crippen molar-refractivity contribution in [3.8, 4) is 0 Å². The second-order valence-corrected chi connectivity index (χ2v) is 8.30. The summed E-state index contributed by atoms with van der Waals surface area (Å²) in [4.78, 5) is -0.647. The van der Waals surface area contributed by atoms with Gasteiger partial charge in [0.05, 0.1) is 20.6 Å². The van der Waals surface area contributed by atoms with Crippen molar-refractivity contribution in [1.82, 2.24) is 0 Å². The van der Waals surface area contributed by atoms with Crippen LogP contribution in [-0.4, -0.2) is 21.4 Å². The van der Waals surface area contributed by atoms with Gasteiger partial charge in [-0.25, -0.2) is 8.42 Å². The van der Waals surface area contributed by atoms with E-state index in [4.69, 9.17) is 33.5 Å². The maximum absolute atomic E-state index is 12.3. The number of benzene rings is 2. The van der Waals surface area contributed by atoms with Crippen LogP contribution in [0.5, 0.6) is 0 Å². The van der Waals surface area contributed by atoms with Gasteiger partial charge in [-0.3, -0.25) is 9.27 Å². The fraction of sp³-hybridized carbons (Fsp3) is 0. The Kier molecular flexibility index (Phi) is 4.79. The van der Waals surface area contributed by atoms with Crippen LogP contribution in [0.4, 0.5) is 11.4 Å². The fourth-order valence-electron chi connectivity index (χ4n) is 1.65. The molecule has 0 aliphatic rings. The van der Waals surface area contributed by atoms with Crippen LogP contribution in [-0.2, 0) is 20.1 Å². The minimum absolute atomic E-state index is 0.0245. The molecule has 0 atom stereocenters. The Balaban J connectivity index is 2.37. The molecule has 0 radical (unpaired) electrons. The monoisotopic (exact) mass is 396 g/mol. The first-order valence-electron chi connectivity index (χ1n) is 5.85. The van der Waals surface area contributed by atoms with Gasteiger partial charge >= 0.3 is 0 Å². The molecule has 2 aromatic carbocycles. The van der Waals surface area contributed by atoms with E-state index >= 15 is 0 Å². The molecule has 0 saturated heterocycles.